The van der Waals surface area contributed by atoms with Crippen molar-refractivity contribution in [2.24, 2.45) is 0 Å². The molecule has 0 aromatic heterocycles. The molecule has 17 heavy (non-hydrogen) atoms. The molecule has 1 aromatic carbocycles. The molecule has 1 nitrogen and oxygen atoms in total. The maximum Gasteiger partial charge on any atom is 0.00172 e. The van der Waals surface area contributed by atoms with E-state index in [0.717, 1.165) is 6.54 Å². The van der Waals surface area contributed by atoms with Crippen LogP contribution in [0.15, 0.2) is 24.3 Å². The molecule has 0 heterocycles. The number of nitrogens with one attached hydrogen (secondary N) is 1. The predicted octanol–water partition coefficient (Wildman–Crippen LogP) is 3.83. The molecular formula is C15H25NS. The molecule has 0 saturated heterocycles. The quantitative estimate of drug-likeness (QED) is 0.705. The lowest BCUT2D eigenvalue weighted by Crippen LogP contribution is -2.18. The fraction of sp³-hybridized carbons (Fsp3) is 0.600. The van der Waals surface area contributed by atoms with E-state index in [1.54, 1.807) is 0 Å². The molecule has 0 amide bonds. The number of hydrogen-bond donors (Lipinski definition) is 1. The Kier molecular flexibility index (Phi) is 7.38. The van der Waals surface area contributed by atoms with Gasteiger partial charge in [0.15, 0.2) is 0 Å². The molecular weight excluding hydrogens is 226 g/mol. The van der Waals surface area contributed by atoms with Crippen LogP contribution in [0.1, 0.15) is 36.8 Å². The smallest absolute Gasteiger partial charge is 0.00172 e. The van der Waals surface area contributed by atoms with Crippen molar-refractivity contribution in [2.45, 2.75) is 32.6 Å². The maximum atomic E-state index is 3.33. The van der Waals surface area contributed by atoms with E-state index < -0.39 is 0 Å². The van der Waals surface area contributed by atoms with Crippen LogP contribution in [-0.4, -0.2) is 25.1 Å². The van der Waals surface area contributed by atoms with Crippen molar-refractivity contribution in [1.82, 2.24) is 5.32 Å². The van der Waals surface area contributed by atoms with E-state index in [0.29, 0.717) is 5.92 Å². The number of hydrogen-bond acceptors (Lipinski definition) is 2. The summed E-state index contributed by atoms with van der Waals surface area (Å²) in [5, 5.41) is 3.33. The van der Waals surface area contributed by atoms with Crippen LogP contribution in [0.4, 0.5) is 0 Å². The average molecular weight is 251 g/mol. The Hall–Kier alpha value is -0.470. The molecule has 0 aliphatic rings. The van der Waals surface area contributed by atoms with E-state index in [-0.39, 0.29) is 0 Å². The molecule has 0 bridgehead atoms. The molecule has 1 N–H and O–H groups in total. The first-order valence-electron chi connectivity index (χ1n) is 6.57. The van der Waals surface area contributed by atoms with E-state index in [1.807, 2.05) is 18.8 Å². The maximum absolute atomic E-state index is 3.33. The fourth-order valence-corrected chi connectivity index (χ4v) is 2.89. The van der Waals surface area contributed by atoms with E-state index in [4.69, 9.17) is 0 Å². The molecule has 1 unspecified atom stereocenters. The van der Waals surface area contributed by atoms with Crippen molar-refractivity contribution < 1.29 is 0 Å². The lowest BCUT2D eigenvalue weighted by Gasteiger charge is -2.19. The van der Waals surface area contributed by atoms with Crippen molar-refractivity contribution >= 4 is 11.8 Å². The zero-order chi connectivity index (χ0) is 12.5. The van der Waals surface area contributed by atoms with Crippen LogP contribution in [0.2, 0.25) is 0 Å². The third-order valence-corrected chi connectivity index (χ3v) is 4.11. The van der Waals surface area contributed by atoms with E-state index in [1.165, 1.54) is 35.5 Å². The van der Waals surface area contributed by atoms with E-state index in [2.05, 4.69) is 43.4 Å². The normalized spacial score (nSPS) is 12.6. The molecule has 1 aromatic rings. The summed E-state index contributed by atoms with van der Waals surface area (Å²) in [7, 11) is 2.05. The Bertz CT molecular complexity index is 312. The molecule has 0 spiro atoms. The lowest BCUT2D eigenvalue weighted by molar-refractivity contribution is 0.576. The average Bonchev–Trinajstić information content (AvgIpc) is 2.34. The highest BCUT2D eigenvalue weighted by atomic mass is 32.2. The van der Waals surface area contributed by atoms with Crippen LogP contribution in [0.5, 0.6) is 0 Å². The van der Waals surface area contributed by atoms with Crippen LogP contribution < -0.4 is 5.32 Å². The molecule has 0 fully saturated rings. The van der Waals surface area contributed by atoms with Gasteiger partial charge in [0.2, 0.25) is 0 Å². The molecule has 0 aliphatic heterocycles. The Morgan fingerprint density at radius 3 is 2.71 bits per heavy atom. The fourth-order valence-electron chi connectivity index (χ4n) is 2.23. The minimum absolute atomic E-state index is 0.665. The Balaban J connectivity index is 2.56. The van der Waals surface area contributed by atoms with Gasteiger partial charge in [-0.15, -0.1) is 0 Å². The summed E-state index contributed by atoms with van der Waals surface area (Å²) in [4.78, 5) is 0. The van der Waals surface area contributed by atoms with Crippen LogP contribution in [0.3, 0.4) is 0 Å². The summed E-state index contributed by atoms with van der Waals surface area (Å²) in [5.74, 6) is 3.20. The largest absolute Gasteiger partial charge is 0.319 e. The number of aryl methyl sites for hydroxylation is 1. The van der Waals surface area contributed by atoms with E-state index >= 15 is 0 Å². The summed E-state index contributed by atoms with van der Waals surface area (Å²) in [5.41, 5.74) is 2.94. The highest BCUT2D eigenvalue weighted by Gasteiger charge is 2.12. The van der Waals surface area contributed by atoms with Crippen LogP contribution >= 0.6 is 11.8 Å². The first kappa shape index (κ1) is 14.6. The minimum Gasteiger partial charge on any atom is -0.319 e. The number of likely N-dealkylation sites (N-methyl/N-ethyl adjacent to an activating group) is 1. The topological polar surface area (TPSA) is 12.0 Å². The predicted molar refractivity (Wildman–Crippen MR) is 80.1 cm³/mol. The zero-order valence-corrected chi connectivity index (χ0v) is 12.1. The third-order valence-electron chi connectivity index (χ3n) is 3.12. The number of rotatable bonds is 8. The van der Waals surface area contributed by atoms with Crippen LogP contribution in [0, 0.1) is 6.92 Å². The minimum atomic E-state index is 0.665. The van der Waals surface area contributed by atoms with Gasteiger partial charge in [0.1, 0.15) is 0 Å². The van der Waals surface area contributed by atoms with Gasteiger partial charge in [0, 0.05) is 6.54 Å². The number of thioether (sulfide) groups is 1. The van der Waals surface area contributed by atoms with Gasteiger partial charge in [-0.3, -0.25) is 0 Å². The van der Waals surface area contributed by atoms with Crippen LogP contribution in [-0.2, 0) is 0 Å². The SMILES string of the molecule is CCSCCCC(CNC)c1ccccc1C. The second-order valence-electron chi connectivity index (χ2n) is 4.45. The zero-order valence-electron chi connectivity index (χ0n) is 11.3. The first-order valence-corrected chi connectivity index (χ1v) is 7.73. The van der Waals surface area contributed by atoms with Crippen molar-refractivity contribution in [3.8, 4) is 0 Å². The summed E-state index contributed by atoms with van der Waals surface area (Å²) in [6.07, 6.45) is 2.61. The molecule has 2 heteroatoms. The summed E-state index contributed by atoms with van der Waals surface area (Å²) in [6, 6.07) is 8.79. The van der Waals surface area contributed by atoms with E-state index in [9.17, 15) is 0 Å². The van der Waals surface area contributed by atoms with Gasteiger partial charge in [-0.05, 0) is 55.4 Å². The Morgan fingerprint density at radius 2 is 2.06 bits per heavy atom. The second kappa shape index (κ2) is 8.60. The standard InChI is InChI=1S/C15H25NS/c1-4-17-11-7-9-14(12-16-3)15-10-6-5-8-13(15)2/h5-6,8,10,14,16H,4,7,9,11-12H2,1-3H3. The monoisotopic (exact) mass is 251 g/mol. The number of benzene rings is 1. The van der Waals surface area contributed by atoms with Gasteiger partial charge in [-0.1, -0.05) is 31.2 Å². The molecule has 1 rings (SSSR count). The molecule has 0 saturated carbocycles. The van der Waals surface area contributed by atoms with Gasteiger partial charge >= 0.3 is 0 Å². The van der Waals surface area contributed by atoms with Crippen LogP contribution in [0.25, 0.3) is 0 Å². The molecule has 0 radical (unpaired) electrons. The Morgan fingerprint density at radius 1 is 1.29 bits per heavy atom. The highest BCUT2D eigenvalue weighted by molar-refractivity contribution is 7.99. The van der Waals surface area contributed by atoms with Crippen molar-refractivity contribution in [2.75, 3.05) is 25.1 Å². The van der Waals surface area contributed by atoms with Crippen molar-refractivity contribution in [3.63, 3.8) is 0 Å². The molecule has 1 atom stereocenters. The van der Waals surface area contributed by atoms with Crippen molar-refractivity contribution in [1.29, 1.82) is 0 Å². The Labute approximate surface area is 110 Å². The molecule has 0 aliphatic carbocycles. The van der Waals surface area contributed by atoms with Gasteiger partial charge in [0.25, 0.3) is 0 Å². The lowest BCUT2D eigenvalue weighted by atomic mass is 9.91. The molecule has 96 valence electrons. The summed E-state index contributed by atoms with van der Waals surface area (Å²) in [6.45, 7) is 5.54. The second-order valence-corrected chi connectivity index (χ2v) is 5.84. The van der Waals surface area contributed by atoms with Gasteiger partial charge < -0.3 is 5.32 Å². The first-order chi connectivity index (χ1) is 8.29. The highest BCUT2D eigenvalue weighted by Crippen LogP contribution is 2.24. The summed E-state index contributed by atoms with van der Waals surface area (Å²) < 4.78 is 0. The summed E-state index contributed by atoms with van der Waals surface area (Å²) >= 11 is 2.05. The van der Waals surface area contributed by atoms with Gasteiger partial charge in [-0.2, -0.15) is 11.8 Å². The third kappa shape index (κ3) is 5.13. The van der Waals surface area contributed by atoms with Gasteiger partial charge in [0.05, 0.1) is 0 Å². The van der Waals surface area contributed by atoms with Crippen molar-refractivity contribution in [3.05, 3.63) is 35.4 Å². The van der Waals surface area contributed by atoms with Gasteiger partial charge in [-0.25, -0.2) is 0 Å².